The highest BCUT2D eigenvalue weighted by molar-refractivity contribution is 5.90. The van der Waals surface area contributed by atoms with Gasteiger partial charge in [0.2, 0.25) is 0 Å². The Morgan fingerprint density at radius 1 is 1.33 bits per heavy atom. The molecule has 30 heavy (non-hydrogen) atoms. The second-order valence-corrected chi connectivity index (χ2v) is 7.05. The number of ether oxygens (including phenoxy) is 1. The lowest BCUT2D eigenvalue weighted by atomic mass is 10.1. The van der Waals surface area contributed by atoms with Gasteiger partial charge in [0.1, 0.15) is 11.9 Å². The number of nitrogens with zero attached hydrogens (tertiary/aromatic N) is 2. The van der Waals surface area contributed by atoms with Crippen molar-refractivity contribution in [3.63, 3.8) is 0 Å². The number of amides is 2. The van der Waals surface area contributed by atoms with Crippen LogP contribution in [0.4, 0.5) is 25.4 Å². The largest absolute Gasteiger partial charge is 0.465 e. The predicted molar refractivity (Wildman–Crippen MR) is 109 cm³/mol. The summed E-state index contributed by atoms with van der Waals surface area (Å²) in [7, 11) is 1.77. The molecule has 160 valence electrons. The van der Waals surface area contributed by atoms with Crippen LogP contribution in [0.25, 0.3) is 0 Å². The van der Waals surface area contributed by atoms with E-state index in [2.05, 4.69) is 5.32 Å². The topological polar surface area (TPSA) is 102 Å². The summed E-state index contributed by atoms with van der Waals surface area (Å²) in [6.07, 6.45) is -2.34. The van der Waals surface area contributed by atoms with Gasteiger partial charge in [0.05, 0.1) is 24.5 Å². The Morgan fingerprint density at radius 2 is 2.07 bits per heavy atom. The first-order chi connectivity index (χ1) is 14.4. The highest BCUT2D eigenvalue weighted by Gasteiger charge is 2.33. The molecule has 2 aromatic rings. The molecule has 0 unspecified atom stereocenters. The Balaban J connectivity index is 1.84. The first kappa shape index (κ1) is 21.4. The van der Waals surface area contributed by atoms with E-state index >= 15 is 4.39 Å². The first-order valence-corrected chi connectivity index (χ1v) is 9.52. The molecule has 1 fully saturated rings. The fourth-order valence-electron chi connectivity index (χ4n) is 3.51. The molecule has 2 amide bonds. The average Bonchev–Trinajstić information content (AvgIpc) is 3.07. The van der Waals surface area contributed by atoms with Gasteiger partial charge in [-0.1, -0.05) is 30.3 Å². The van der Waals surface area contributed by atoms with Crippen LogP contribution in [0.2, 0.25) is 0 Å². The van der Waals surface area contributed by atoms with Crippen LogP contribution >= 0.6 is 0 Å². The van der Waals surface area contributed by atoms with Crippen molar-refractivity contribution in [2.75, 3.05) is 36.5 Å². The first-order valence-electron chi connectivity index (χ1n) is 9.52. The van der Waals surface area contributed by atoms with Crippen molar-refractivity contribution in [1.29, 1.82) is 0 Å². The van der Waals surface area contributed by atoms with Gasteiger partial charge in [-0.05, 0) is 29.7 Å². The van der Waals surface area contributed by atoms with Gasteiger partial charge in [-0.3, -0.25) is 4.90 Å². The van der Waals surface area contributed by atoms with Crippen LogP contribution in [0.1, 0.15) is 11.1 Å². The van der Waals surface area contributed by atoms with E-state index in [9.17, 15) is 14.7 Å². The molecule has 1 heterocycles. The van der Waals surface area contributed by atoms with Gasteiger partial charge < -0.3 is 25.2 Å². The number of benzene rings is 2. The van der Waals surface area contributed by atoms with Crippen LogP contribution in [0.5, 0.6) is 0 Å². The lowest BCUT2D eigenvalue weighted by molar-refractivity contribution is 0.136. The fraction of sp³-hybridized carbons (Fsp3) is 0.333. The molecule has 1 atom stereocenters. The zero-order valence-corrected chi connectivity index (χ0v) is 16.5. The summed E-state index contributed by atoms with van der Waals surface area (Å²) < 4.78 is 20.3. The molecule has 1 saturated heterocycles. The van der Waals surface area contributed by atoms with E-state index in [1.807, 2.05) is 30.3 Å². The molecule has 3 rings (SSSR count). The zero-order chi connectivity index (χ0) is 21.7. The molecule has 8 nitrogen and oxygen atoms in total. The van der Waals surface area contributed by atoms with Crippen molar-refractivity contribution in [2.45, 2.75) is 19.1 Å². The smallest absolute Gasteiger partial charge is 0.414 e. The molecule has 0 bridgehead atoms. The van der Waals surface area contributed by atoms with Gasteiger partial charge >= 0.3 is 12.2 Å². The number of nitrogens with one attached hydrogen (secondary N) is 1. The molecule has 1 aliphatic heterocycles. The number of aliphatic hydroxyl groups excluding tert-OH is 1. The molecule has 3 N–H and O–H groups in total. The fourth-order valence-corrected chi connectivity index (χ4v) is 3.51. The van der Waals surface area contributed by atoms with E-state index in [1.165, 1.54) is 11.0 Å². The van der Waals surface area contributed by atoms with Gasteiger partial charge in [0.25, 0.3) is 0 Å². The molecule has 9 heteroatoms. The lowest BCUT2D eigenvalue weighted by Gasteiger charge is -2.25. The van der Waals surface area contributed by atoms with E-state index in [0.29, 0.717) is 23.5 Å². The van der Waals surface area contributed by atoms with E-state index < -0.39 is 24.1 Å². The van der Waals surface area contributed by atoms with Gasteiger partial charge in [-0.2, -0.15) is 0 Å². The van der Waals surface area contributed by atoms with Crippen molar-refractivity contribution < 1.29 is 28.9 Å². The minimum atomic E-state index is -1.22. The second-order valence-electron chi connectivity index (χ2n) is 7.05. The van der Waals surface area contributed by atoms with Crippen molar-refractivity contribution in [3.05, 3.63) is 59.4 Å². The van der Waals surface area contributed by atoms with Gasteiger partial charge in [0, 0.05) is 20.2 Å². The van der Waals surface area contributed by atoms with E-state index in [4.69, 9.17) is 9.84 Å². The number of rotatable bonds is 8. The number of halogens is 1. The third kappa shape index (κ3) is 4.98. The summed E-state index contributed by atoms with van der Waals surface area (Å²) in [6, 6.07) is 12.5. The van der Waals surface area contributed by atoms with Gasteiger partial charge in [-0.15, -0.1) is 0 Å². The van der Waals surface area contributed by atoms with Crippen LogP contribution in [0, 0.1) is 5.82 Å². The molecular weight excluding hydrogens is 393 g/mol. The molecule has 0 saturated carbocycles. The van der Waals surface area contributed by atoms with Gasteiger partial charge in [-0.25, -0.2) is 14.0 Å². The summed E-state index contributed by atoms with van der Waals surface area (Å²) in [5.74, 6) is -0.519. The number of hydrogen-bond acceptors (Lipinski definition) is 5. The highest BCUT2D eigenvalue weighted by Crippen LogP contribution is 2.32. The molecule has 0 aliphatic carbocycles. The minimum Gasteiger partial charge on any atom is -0.465 e. The van der Waals surface area contributed by atoms with Crippen LogP contribution in [0.3, 0.4) is 0 Å². The number of carbonyl (C=O) groups excluding carboxylic acids is 1. The summed E-state index contributed by atoms with van der Waals surface area (Å²) in [5, 5.41) is 20.3. The lowest BCUT2D eigenvalue weighted by Crippen LogP contribution is -2.33. The van der Waals surface area contributed by atoms with Crippen molar-refractivity contribution in [1.82, 2.24) is 5.32 Å². The predicted octanol–water partition coefficient (Wildman–Crippen LogP) is 2.59. The Morgan fingerprint density at radius 3 is 2.73 bits per heavy atom. The normalized spacial score (nSPS) is 15.8. The van der Waals surface area contributed by atoms with Crippen LogP contribution in [0.15, 0.2) is 42.5 Å². The Hall–Kier alpha value is -3.33. The molecule has 0 aromatic heterocycles. The van der Waals surface area contributed by atoms with E-state index in [1.54, 1.807) is 18.0 Å². The Labute approximate surface area is 173 Å². The number of cyclic esters (lactones) is 1. The molecule has 0 radical (unpaired) electrons. The second kappa shape index (κ2) is 9.45. The van der Waals surface area contributed by atoms with Crippen LogP contribution < -0.4 is 15.1 Å². The van der Waals surface area contributed by atoms with E-state index in [0.717, 1.165) is 5.56 Å². The summed E-state index contributed by atoms with van der Waals surface area (Å²) in [4.78, 5) is 25.9. The molecule has 0 spiro atoms. The van der Waals surface area contributed by atoms with E-state index in [-0.39, 0.29) is 26.1 Å². The number of hydrogen-bond donors (Lipinski definition) is 3. The number of carboxylic acid groups (broad SMARTS) is 1. The molecule has 2 aromatic carbocycles. The number of aliphatic hydroxyl groups is 1. The zero-order valence-electron chi connectivity index (χ0n) is 16.5. The highest BCUT2D eigenvalue weighted by atomic mass is 19.1. The quantitative estimate of drug-likeness (QED) is 0.610. The SMILES string of the molecule is CN(Cc1ccccc1)c1c(F)cc(N2C[C@H](CNC(=O)O)OC2=O)cc1CCO. The third-order valence-electron chi connectivity index (χ3n) is 4.82. The summed E-state index contributed by atoms with van der Waals surface area (Å²) >= 11 is 0. The maximum atomic E-state index is 15.1. The molecule has 1 aliphatic rings. The summed E-state index contributed by atoms with van der Waals surface area (Å²) in [6.45, 7) is 0.340. The maximum Gasteiger partial charge on any atom is 0.414 e. The standard InChI is InChI=1S/C21H24FN3O5/c1-24(12-14-5-3-2-4-6-14)19-15(7-8-26)9-16(10-18(19)22)25-13-17(30-21(25)29)11-23-20(27)28/h2-6,9-10,17,23,26H,7-8,11-13H2,1H3,(H,27,28)/t17-/m0/s1. The Kier molecular flexibility index (Phi) is 6.73. The molecular formula is C21H24FN3O5. The monoisotopic (exact) mass is 417 g/mol. The third-order valence-corrected chi connectivity index (χ3v) is 4.82. The van der Waals surface area contributed by atoms with Crippen molar-refractivity contribution >= 4 is 23.6 Å². The van der Waals surface area contributed by atoms with Crippen LogP contribution in [-0.2, 0) is 17.7 Å². The Bertz CT molecular complexity index is 909. The number of carbonyl (C=O) groups is 2. The van der Waals surface area contributed by atoms with Gasteiger partial charge in [0.15, 0.2) is 0 Å². The summed E-state index contributed by atoms with van der Waals surface area (Å²) in [5.41, 5.74) is 2.23. The minimum absolute atomic E-state index is 0.0541. The maximum absolute atomic E-state index is 15.1. The van der Waals surface area contributed by atoms with Crippen molar-refractivity contribution in [3.8, 4) is 0 Å². The van der Waals surface area contributed by atoms with Crippen LogP contribution in [-0.4, -0.2) is 55.2 Å². The van der Waals surface area contributed by atoms with Crippen molar-refractivity contribution in [2.24, 2.45) is 0 Å². The number of anilines is 2. The average molecular weight is 417 g/mol.